The van der Waals surface area contributed by atoms with E-state index in [0.29, 0.717) is 28.9 Å². The van der Waals surface area contributed by atoms with E-state index in [4.69, 9.17) is 21.1 Å². The summed E-state index contributed by atoms with van der Waals surface area (Å²) in [5.41, 5.74) is 2.59. The van der Waals surface area contributed by atoms with Gasteiger partial charge in [0.05, 0.1) is 12.9 Å². The van der Waals surface area contributed by atoms with Gasteiger partial charge in [0.15, 0.2) is 11.5 Å². The monoisotopic (exact) mass is 443 g/mol. The SMILES string of the molecule is COc1cc([C@@H]2SCC(=O)N2c2ccc(Cl)cc2)ccc1OCc1ccc(F)cc1. The second-order valence-electron chi connectivity index (χ2n) is 6.73. The molecule has 0 aromatic heterocycles. The van der Waals surface area contributed by atoms with Crippen LogP contribution in [0.4, 0.5) is 10.1 Å². The molecule has 0 bridgehead atoms. The first-order chi connectivity index (χ1) is 14.5. The van der Waals surface area contributed by atoms with Crippen LogP contribution in [0.25, 0.3) is 0 Å². The van der Waals surface area contributed by atoms with Crippen LogP contribution in [0.5, 0.6) is 11.5 Å². The zero-order valence-corrected chi connectivity index (χ0v) is 17.8. The van der Waals surface area contributed by atoms with E-state index in [-0.39, 0.29) is 17.1 Å². The Bertz CT molecular complexity index is 1040. The van der Waals surface area contributed by atoms with E-state index in [9.17, 15) is 9.18 Å². The Labute approximate surface area is 183 Å². The second-order valence-corrected chi connectivity index (χ2v) is 8.23. The molecule has 0 radical (unpaired) electrons. The first kappa shape index (κ1) is 20.6. The van der Waals surface area contributed by atoms with Crippen LogP contribution in [0.15, 0.2) is 66.7 Å². The van der Waals surface area contributed by atoms with E-state index in [0.717, 1.165) is 16.8 Å². The minimum absolute atomic E-state index is 0.0444. The number of halogens is 2. The van der Waals surface area contributed by atoms with Gasteiger partial charge in [-0.25, -0.2) is 4.39 Å². The van der Waals surface area contributed by atoms with Crippen LogP contribution in [0.1, 0.15) is 16.5 Å². The van der Waals surface area contributed by atoms with Crippen LogP contribution in [0.2, 0.25) is 5.02 Å². The maximum absolute atomic E-state index is 13.1. The molecule has 30 heavy (non-hydrogen) atoms. The standard InChI is InChI=1S/C23H19ClFNO3S/c1-28-21-12-16(4-11-20(21)29-13-15-2-7-18(25)8-3-15)23-26(22(27)14-30-23)19-9-5-17(24)6-10-19/h2-12,23H,13-14H2,1H3/t23-/m0/s1. The number of rotatable bonds is 6. The number of benzene rings is 3. The lowest BCUT2D eigenvalue weighted by molar-refractivity contribution is -0.115. The lowest BCUT2D eigenvalue weighted by Crippen LogP contribution is -2.27. The molecule has 4 rings (SSSR count). The highest BCUT2D eigenvalue weighted by Gasteiger charge is 2.34. The summed E-state index contributed by atoms with van der Waals surface area (Å²) >= 11 is 7.55. The molecule has 0 unspecified atom stereocenters. The number of methoxy groups -OCH3 is 1. The van der Waals surface area contributed by atoms with Gasteiger partial charge >= 0.3 is 0 Å². The number of carbonyl (C=O) groups excluding carboxylic acids is 1. The number of ether oxygens (including phenoxy) is 2. The van der Waals surface area contributed by atoms with Crippen LogP contribution in [-0.4, -0.2) is 18.8 Å². The van der Waals surface area contributed by atoms with Crippen LogP contribution in [0, 0.1) is 5.82 Å². The minimum atomic E-state index is -0.283. The molecule has 1 fully saturated rings. The molecule has 154 valence electrons. The molecule has 4 nitrogen and oxygen atoms in total. The van der Waals surface area contributed by atoms with E-state index in [1.165, 1.54) is 12.1 Å². The van der Waals surface area contributed by atoms with E-state index in [1.54, 1.807) is 48.0 Å². The third-order valence-corrected chi connectivity index (χ3v) is 6.22. The van der Waals surface area contributed by atoms with Crippen LogP contribution < -0.4 is 14.4 Å². The predicted octanol–water partition coefficient (Wildman–Crippen LogP) is 5.85. The Morgan fingerprint density at radius 3 is 2.50 bits per heavy atom. The molecule has 1 aliphatic heterocycles. The highest BCUT2D eigenvalue weighted by molar-refractivity contribution is 8.00. The predicted molar refractivity (Wildman–Crippen MR) is 118 cm³/mol. The van der Waals surface area contributed by atoms with Crippen molar-refractivity contribution in [3.8, 4) is 11.5 Å². The van der Waals surface area contributed by atoms with Crippen molar-refractivity contribution in [1.29, 1.82) is 0 Å². The molecule has 0 N–H and O–H groups in total. The van der Waals surface area contributed by atoms with Gasteiger partial charge in [-0.15, -0.1) is 11.8 Å². The summed E-state index contributed by atoms with van der Waals surface area (Å²) in [5.74, 6) is 1.32. The molecule has 1 amide bonds. The highest BCUT2D eigenvalue weighted by atomic mass is 35.5. The fourth-order valence-electron chi connectivity index (χ4n) is 3.25. The number of nitrogens with zero attached hydrogens (tertiary/aromatic N) is 1. The fourth-order valence-corrected chi connectivity index (χ4v) is 4.54. The van der Waals surface area contributed by atoms with Gasteiger partial charge in [0.1, 0.15) is 17.8 Å². The zero-order valence-electron chi connectivity index (χ0n) is 16.2. The Morgan fingerprint density at radius 1 is 1.07 bits per heavy atom. The lowest BCUT2D eigenvalue weighted by atomic mass is 10.1. The third kappa shape index (κ3) is 4.40. The zero-order chi connectivity index (χ0) is 21.1. The van der Waals surface area contributed by atoms with Gasteiger partial charge in [-0.05, 0) is 59.7 Å². The summed E-state index contributed by atoms with van der Waals surface area (Å²) in [6, 6.07) is 19.1. The Balaban J connectivity index is 1.56. The summed E-state index contributed by atoms with van der Waals surface area (Å²) in [6.45, 7) is 0.295. The number of carbonyl (C=O) groups is 1. The first-order valence-corrected chi connectivity index (χ1v) is 10.7. The average molecular weight is 444 g/mol. The summed E-state index contributed by atoms with van der Waals surface area (Å²) in [7, 11) is 1.58. The van der Waals surface area contributed by atoms with Gasteiger partial charge in [-0.3, -0.25) is 9.69 Å². The molecule has 3 aromatic carbocycles. The maximum atomic E-state index is 13.1. The van der Waals surface area contributed by atoms with Crippen molar-refractivity contribution >= 4 is 35.0 Å². The maximum Gasteiger partial charge on any atom is 0.238 e. The molecule has 0 spiro atoms. The van der Waals surface area contributed by atoms with E-state index < -0.39 is 0 Å². The first-order valence-electron chi connectivity index (χ1n) is 9.29. The molecule has 1 atom stereocenters. The Hall–Kier alpha value is -2.70. The highest BCUT2D eigenvalue weighted by Crippen LogP contribution is 2.44. The molecule has 0 aliphatic carbocycles. The fraction of sp³-hybridized carbons (Fsp3) is 0.174. The van der Waals surface area contributed by atoms with Gasteiger partial charge in [0.2, 0.25) is 5.91 Å². The molecular formula is C23H19ClFNO3S. The minimum Gasteiger partial charge on any atom is -0.493 e. The number of hydrogen-bond acceptors (Lipinski definition) is 4. The topological polar surface area (TPSA) is 38.8 Å². The van der Waals surface area contributed by atoms with Gasteiger partial charge in [0, 0.05) is 10.7 Å². The second kappa shape index (κ2) is 8.98. The summed E-state index contributed by atoms with van der Waals surface area (Å²) in [4.78, 5) is 14.3. The van der Waals surface area contributed by atoms with Gasteiger partial charge < -0.3 is 9.47 Å². The van der Waals surface area contributed by atoms with Gasteiger partial charge in [-0.2, -0.15) is 0 Å². The summed E-state index contributed by atoms with van der Waals surface area (Å²) < 4.78 is 24.5. The van der Waals surface area contributed by atoms with Crippen molar-refractivity contribution in [2.75, 3.05) is 17.8 Å². The Kier molecular flexibility index (Phi) is 6.16. The van der Waals surface area contributed by atoms with Gasteiger partial charge in [0.25, 0.3) is 0 Å². The van der Waals surface area contributed by atoms with Crippen molar-refractivity contribution in [2.24, 2.45) is 0 Å². The van der Waals surface area contributed by atoms with Crippen molar-refractivity contribution in [3.05, 3.63) is 88.7 Å². The van der Waals surface area contributed by atoms with E-state index in [2.05, 4.69) is 0 Å². The number of anilines is 1. The largest absolute Gasteiger partial charge is 0.493 e. The van der Waals surface area contributed by atoms with Crippen LogP contribution in [-0.2, 0) is 11.4 Å². The number of hydrogen-bond donors (Lipinski definition) is 0. The Morgan fingerprint density at radius 2 is 1.80 bits per heavy atom. The smallest absolute Gasteiger partial charge is 0.238 e. The lowest BCUT2D eigenvalue weighted by Gasteiger charge is -2.25. The quantitative estimate of drug-likeness (QED) is 0.479. The normalized spacial score (nSPS) is 16.0. The average Bonchev–Trinajstić information content (AvgIpc) is 3.15. The van der Waals surface area contributed by atoms with Crippen LogP contribution >= 0.6 is 23.4 Å². The van der Waals surface area contributed by atoms with Crippen LogP contribution in [0.3, 0.4) is 0 Å². The molecule has 7 heteroatoms. The molecule has 1 aliphatic rings. The van der Waals surface area contributed by atoms with E-state index in [1.807, 2.05) is 30.3 Å². The van der Waals surface area contributed by atoms with Crippen molar-refractivity contribution in [2.45, 2.75) is 12.0 Å². The van der Waals surface area contributed by atoms with Gasteiger partial charge in [-0.1, -0.05) is 29.8 Å². The summed E-state index contributed by atoms with van der Waals surface area (Å²) in [5, 5.41) is 0.456. The molecule has 3 aromatic rings. The molecule has 0 saturated carbocycles. The van der Waals surface area contributed by atoms with Crippen molar-refractivity contribution in [3.63, 3.8) is 0 Å². The summed E-state index contributed by atoms with van der Waals surface area (Å²) in [6.07, 6.45) is 0. The van der Waals surface area contributed by atoms with Crippen molar-refractivity contribution < 1.29 is 18.7 Å². The number of thioether (sulfide) groups is 1. The third-order valence-electron chi connectivity index (χ3n) is 4.75. The number of amides is 1. The molecule has 1 heterocycles. The van der Waals surface area contributed by atoms with Crippen molar-refractivity contribution in [1.82, 2.24) is 0 Å². The molecule has 1 saturated heterocycles. The van der Waals surface area contributed by atoms with E-state index >= 15 is 0 Å². The molecular weight excluding hydrogens is 425 g/mol.